The molecule has 0 aromatic heterocycles. The second-order valence-electron chi connectivity index (χ2n) is 5.82. The van der Waals surface area contributed by atoms with Crippen molar-refractivity contribution >= 4 is 11.8 Å². The van der Waals surface area contributed by atoms with Crippen molar-refractivity contribution in [2.75, 3.05) is 5.32 Å². The maximum atomic E-state index is 11.7. The number of hydrogen-bond donors (Lipinski definition) is 1. The minimum atomic E-state index is -0.509. The summed E-state index contributed by atoms with van der Waals surface area (Å²) in [5.41, 5.74) is 2.03. The molecule has 0 bridgehead atoms. The highest BCUT2D eigenvalue weighted by molar-refractivity contribution is 5.84. The highest BCUT2D eigenvalue weighted by Crippen LogP contribution is 2.12. The number of carbonyl (C=O) groups is 1. The van der Waals surface area contributed by atoms with Crippen LogP contribution in [0.4, 0.5) is 10.5 Å². The fourth-order valence-electron chi connectivity index (χ4n) is 1.72. The Balaban J connectivity index is 1.99. The van der Waals surface area contributed by atoms with Crippen LogP contribution in [-0.4, -0.2) is 11.7 Å². The van der Waals surface area contributed by atoms with Crippen molar-refractivity contribution in [1.82, 2.24) is 0 Å². The van der Waals surface area contributed by atoms with Crippen molar-refractivity contribution in [3.05, 3.63) is 65.7 Å². The molecule has 0 saturated carbocycles. The first-order chi connectivity index (χ1) is 10.4. The Hall–Kier alpha value is -2.73. The van der Waals surface area contributed by atoms with Crippen LogP contribution in [0.1, 0.15) is 31.9 Å². The summed E-state index contributed by atoms with van der Waals surface area (Å²) in [6.45, 7) is 5.48. The van der Waals surface area contributed by atoms with E-state index in [1.807, 2.05) is 63.2 Å². The van der Waals surface area contributed by atoms with Crippen LogP contribution in [0.25, 0.3) is 0 Å². The van der Waals surface area contributed by atoms with Crippen molar-refractivity contribution in [1.29, 1.82) is 0 Å². The van der Waals surface area contributed by atoms with Crippen LogP contribution in [0.2, 0.25) is 0 Å². The lowest BCUT2D eigenvalue weighted by Gasteiger charge is -2.19. The van der Waals surface area contributed by atoms with Gasteiger partial charge in [0.05, 0.1) is 0 Å². The molecule has 2 rings (SSSR count). The van der Waals surface area contributed by atoms with Crippen molar-refractivity contribution in [3.63, 3.8) is 0 Å². The van der Waals surface area contributed by atoms with Crippen LogP contribution in [0.3, 0.4) is 0 Å². The number of ether oxygens (including phenoxy) is 1. The molecule has 0 atom stereocenters. The largest absolute Gasteiger partial charge is 0.444 e. The molecule has 0 saturated heterocycles. The Morgan fingerprint density at radius 3 is 2.00 bits per heavy atom. The van der Waals surface area contributed by atoms with Gasteiger partial charge in [0.1, 0.15) is 5.60 Å². The maximum Gasteiger partial charge on any atom is 0.412 e. The fraction of sp³-hybridized carbons (Fsp3) is 0.211. The molecule has 0 radical (unpaired) electrons. The molecular formula is C19H19NO2. The Kier molecular flexibility index (Phi) is 4.85. The molecule has 3 heteroatoms. The normalized spacial score (nSPS) is 10.3. The highest BCUT2D eigenvalue weighted by atomic mass is 16.6. The number of anilines is 1. The molecule has 0 spiro atoms. The zero-order valence-electron chi connectivity index (χ0n) is 13.0. The summed E-state index contributed by atoms with van der Waals surface area (Å²) in [6, 6.07) is 17.1. The first-order valence-corrected chi connectivity index (χ1v) is 7.09. The van der Waals surface area contributed by atoms with Crippen LogP contribution in [0.15, 0.2) is 54.6 Å². The van der Waals surface area contributed by atoms with Gasteiger partial charge in [0.25, 0.3) is 0 Å². The molecule has 0 aliphatic rings. The van der Waals surface area contributed by atoms with Gasteiger partial charge in [0, 0.05) is 16.8 Å². The smallest absolute Gasteiger partial charge is 0.412 e. The number of rotatable bonds is 1. The summed E-state index contributed by atoms with van der Waals surface area (Å²) in [4.78, 5) is 11.7. The third kappa shape index (κ3) is 5.34. The molecule has 2 aromatic carbocycles. The van der Waals surface area contributed by atoms with Crippen molar-refractivity contribution in [3.8, 4) is 11.8 Å². The summed E-state index contributed by atoms with van der Waals surface area (Å²) in [5, 5.41) is 2.69. The van der Waals surface area contributed by atoms with E-state index in [4.69, 9.17) is 4.74 Å². The van der Waals surface area contributed by atoms with E-state index in [0.717, 1.165) is 11.1 Å². The molecule has 2 aromatic rings. The van der Waals surface area contributed by atoms with Gasteiger partial charge < -0.3 is 4.74 Å². The predicted molar refractivity (Wildman–Crippen MR) is 88.7 cm³/mol. The number of benzene rings is 2. The van der Waals surface area contributed by atoms with Crippen LogP contribution in [-0.2, 0) is 4.74 Å². The average molecular weight is 293 g/mol. The number of carbonyl (C=O) groups excluding carboxylic acids is 1. The first kappa shape index (κ1) is 15.7. The van der Waals surface area contributed by atoms with E-state index in [1.54, 1.807) is 12.1 Å². The van der Waals surface area contributed by atoms with Crippen molar-refractivity contribution in [2.24, 2.45) is 0 Å². The van der Waals surface area contributed by atoms with Crippen LogP contribution < -0.4 is 5.32 Å². The van der Waals surface area contributed by atoms with Gasteiger partial charge in [-0.1, -0.05) is 30.0 Å². The lowest BCUT2D eigenvalue weighted by atomic mass is 10.1. The summed E-state index contributed by atoms with van der Waals surface area (Å²) in [6.07, 6.45) is -0.462. The quantitative estimate of drug-likeness (QED) is 0.790. The third-order valence-corrected chi connectivity index (χ3v) is 2.66. The zero-order chi connectivity index (χ0) is 16.0. The lowest BCUT2D eigenvalue weighted by Crippen LogP contribution is -2.27. The van der Waals surface area contributed by atoms with Gasteiger partial charge in [-0.15, -0.1) is 0 Å². The van der Waals surface area contributed by atoms with Crippen LogP contribution in [0.5, 0.6) is 0 Å². The summed E-state index contributed by atoms with van der Waals surface area (Å²) >= 11 is 0. The van der Waals surface area contributed by atoms with Crippen molar-refractivity contribution in [2.45, 2.75) is 26.4 Å². The molecule has 0 fully saturated rings. The number of hydrogen-bond acceptors (Lipinski definition) is 2. The summed E-state index contributed by atoms with van der Waals surface area (Å²) in [7, 11) is 0. The summed E-state index contributed by atoms with van der Waals surface area (Å²) < 4.78 is 5.20. The molecule has 1 amide bonds. The lowest BCUT2D eigenvalue weighted by molar-refractivity contribution is 0.0636. The van der Waals surface area contributed by atoms with E-state index in [-0.39, 0.29) is 0 Å². The molecular weight excluding hydrogens is 274 g/mol. The fourth-order valence-corrected chi connectivity index (χ4v) is 1.72. The maximum absolute atomic E-state index is 11.7. The monoisotopic (exact) mass is 293 g/mol. The number of amides is 1. The van der Waals surface area contributed by atoms with Gasteiger partial charge >= 0.3 is 6.09 Å². The Morgan fingerprint density at radius 2 is 1.45 bits per heavy atom. The van der Waals surface area contributed by atoms with Gasteiger partial charge in [0.15, 0.2) is 0 Å². The molecule has 3 nitrogen and oxygen atoms in total. The Bertz CT molecular complexity index is 686. The van der Waals surface area contributed by atoms with Gasteiger partial charge in [-0.3, -0.25) is 5.32 Å². The highest BCUT2D eigenvalue weighted by Gasteiger charge is 2.15. The molecule has 0 heterocycles. The van der Waals surface area contributed by atoms with Crippen molar-refractivity contribution < 1.29 is 9.53 Å². The summed E-state index contributed by atoms with van der Waals surface area (Å²) in [5.74, 6) is 6.18. The first-order valence-electron chi connectivity index (χ1n) is 7.09. The Morgan fingerprint density at radius 1 is 0.909 bits per heavy atom. The molecule has 1 N–H and O–H groups in total. The SMILES string of the molecule is CC(C)(C)OC(=O)Nc1ccc(C#Cc2ccccc2)cc1. The third-order valence-electron chi connectivity index (χ3n) is 2.66. The standard InChI is InChI=1S/C19H19NO2/c1-19(2,3)22-18(21)20-17-13-11-16(12-14-17)10-9-15-7-5-4-6-8-15/h4-8,11-14H,1-3H3,(H,20,21). The molecule has 0 aliphatic carbocycles. The van der Waals surface area contributed by atoms with Gasteiger partial charge in [-0.2, -0.15) is 0 Å². The minimum absolute atomic E-state index is 0.462. The predicted octanol–water partition coefficient (Wildman–Crippen LogP) is 4.43. The molecule has 22 heavy (non-hydrogen) atoms. The average Bonchev–Trinajstić information content (AvgIpc) is 2.45. The second-order valence-corrected chi connectivity index (χ2v) is 5.82. The van der Waals surface area contributed by atoms with E-state index in [9.17, 15) is 4.79 Å². The van der Waals surface area contributed by atoms with Gasteiger partial charge in [-0.05, 0) is 57.2 Å². The zero-order valence-corrected chi connectivity index (χ0v) is 13.0. The van der Waals surface area contributed by atoms with Gasteiger partial charge in [0.2, 0.25) is 0 Å². The molecule has 0 unspecified atom stereocenters. The van der Waals surface area contributed by atoms with E-state index >= 15 is 0 Å². The Labute approximate surface area is 131 Å². The van der Waals surface area contributed by atoms with E-state index in [1.165, 1.54) is 0 Å². The van der Waals surface area contributed by atoms with Crippen LogP contribution >= 0.6 is 0 Å². The van der Waals surface area contributed by atoms with E-state index in [2.05, 4.69) is 17.2 Å². The van der Waals surface area contributed by atoms with Crippen LogP contribution in [0, 0.1) is 11.8 Å². The number of nitrogens with one attached hydrogen (secondary N) is 1. The topological polar surface area (TPSA) is 38.3 Å². The van der Waals surface area contributed by atoms with E-state index < -0.39 is 11.7 Å². The second kappa shape index (κ2) is 6.82. The molecule has 112 valence electrons. The van der Waals surface area contributed by atoms with E-state index in [0.29, 0.717) is 5.69 Å². The minimum Gasteiger partial charge on any atom is -0.444 e. The molecule has 0 aliphatic heterocycles. The van der Waals surface area contributed by atoms with Gasteiger partial charge in [-0.25, -0.2) is 4.79 Å².